The molecule has 0 atom stereocenters. The Morgan fingerprint density at radius 2 is 2.11 bits per heavy atom. The second-order valence-electron chi connectivity index (χ2n) is 3.70. The summed E-state index contributed by atoms with van der Waals surface area (Å²) in [7, 11) is 0. The number of benzene rings is 1. The molecular weight excluding hydrogens is 245 g/mol. The maximum Gasteiger partial charge on any atom is 0.324 e. The lowest BCUT2D eigenvalue weighted by Crippen LogP contribution is -2.24. The molecule has 0 aliphatic rings. The van der Waals surface area contributed by atoms with Gasteiger partial charge in [-0.3, -0.25) is 5.32 Å². The van der Waals surface area contributed by atoms with Crippen molar-refractivity contribution in [1.29, 1.82) is 0 Å². The van der Waals surface area contributed by atoms with Crippen molar-refractivity contribution in [2.75, 3.05) is 5.32 Å². The van der Waals surface area contributed by atoms with Gasteiger partial charge in [0, 0.05) is 12.4 Å². The summed E-state index contributed by atoms with van der Waals surface area (Å²) in [6, 6.07) is 10.9. The van der Waals surface area contributed by atoms with Gasteiger partial charge in [-0.15, -0.1) is 0 Å². The fourth-order valence-corrected chi connectivity index (χ4v) is 1.41. The smallest absolute Gasteiger partial charge is 0.314 e. The summed E-state index contributed by atoms with van der Waals surface area (Å²) in [5.41, 5.74) is 0.665. The van der Waals surface area contributed by atoms with E-state index in [1.54, 1.807) is 42.6 Å². The second kappa shape index (κ2) is 6.30. The van der Waals surface area contributed by atoms with Gasteiger partial charge in [0.25, 0.3) is 0 Å². The Bertz CT molecular complexity index is 584. The Kier molecular flexibility index (Phi) is 4.23. The third-order valence-corrected chi connectivity index (χ3v) is 2.25. The predicted octanol–water partition coefficient (Wildman–Crippen LogP) is 3.01. The Balaban J connectivity index is 1.87. The van der Waals surface area contributed by atoms with Gasteiger partial charge in [-0.25, -0.2) is 14.2 Å². The van der Waals surface area contributed by atoms with Crippen molar-refractivity contribution < 1.29 is 9.18 Å². The normalized spacial score (nSPS) is 10.4. The number of aromatic nitrogens is 1. The molecule has 0 spiro atoms. The monoisotopic (exact) mass is 257 g/mol. The van der Waals surface area contributed by atoms with Crippen molar-refractivity contribution in [3.05, 3.63) is 66.2 Å². The summed E-state index contributed by atoms with van der Waals surface area (Å²) in [5, 5.41) is 5.06. The van der Waals surface area contributed by atoms with E-state index >= 15 is 0 Å². The van der Waals surface area contributed by atoms with E-state index in [0.29, 0.717) is 11.4 Å². The fraction of sp³-hybridized carbons (Fsp3) is 0. The molecule has 0 radical (unpaired) electrons. The summed E-state index contributed by atoms with van der Waals surface area (Å²) in [4.78, 5) is 15.4. The van der Waals surface area contributed by atoms with Crippen LogP contribution in [0, 0.1) is 5.82 Å². The van der Waals surface area contributed by atoms with Crippen LogP contribution in [0.1, 0.15) is 5.56 Å². The van der Waals surface area contributed by atoms with Gasteiger partial charge in [0.2, 0.25) is 0 Å². The predicted molar refractivity (Wildman–Crippen MR) is 71.8 cm³/mol. The average Bonchev–Trinajstić information content (AvgIpc) is 2.40. The van der Waals surface area contributed by atoms with Gasteiger partial charge >= 0.3 is 6.03 Å². The second-order valence-corrected chi connectivity index (χ2v) is 3.70. The molecule has 0 aliphatic carbocycles. The first-order valence-electron chi connectivity index (χ1n) is 5.65. The number of anilines is 1. The van der Waals surface area contributed by atoms with Crippen LogP contribution in [0.5, 0.6) is 0 Å². The molecule has 0 fully saturated rings. The lowest BCUT2D eigenvalue weighted by atomic mass is 10.2. The van der Waals surface area contributed by atoms with Gasteiger partial charge < -0.3 is 5.32 Å². The molecule has 1 heterocycles. The molecule has 1 aromatic heterocycles. The third kappa shape index (κ3) is 4.23. The van der Waals surface area contributed by atoms with Crippen LogP contribution in [0.2, 0.25) is 0 Å². The maximum atomic E-state index is 12.9. The third-order valence-electron chi connectivity index (χ3n) is 2.25. The van der Waals surface area contributed by atoms with Crippen LogP contribution in [-0.4, -0.2) is 11.0 Å². The van der Waals surface area contributed by atoms with Crippen molar-refractivity contribution in [2.45, 2.75) is 0 Å². The molecule has 2 rings (SSSR count). The van der Waals surface area contributed by atoms with Crippen molar-refractivity contribution in [3.8, 4) is 0 Å². The summed E-state index contributed by atoms with van der Waals surface area (Å²) in [5.74, 6) is 0.138. The molecule has 2 N–H and O–H groups in total. The SMILES string of the molecule is O=C(N/C=C/c1cccc(F)c1)Nc1ccccn1. The number of hydrogen-bond acceptors (Lipinski definition) is 2. The van der Waals surface area contributed by atoms with Crippen molar-refractivity contribution in [3.63, 3.8) is 0 Å². The van der Waals surface area contributed by atoms with E-state index in [0.717, 1.165) is 0 Å². The number of hydrogen-bond donors (Lipinski definition) is 2. The Hall–Kier alpha value is -2.69. The Morgan fingerprint density at radius 3 is 2.84 bits per heavy atom. The van der Waals surface area contributed by atoms with E-state index in [1.807, 2.05) is 0 Å². The van der Waals surface area contributed by atoms with Crippen LogP contribution in [0.3, 0.4) is 0 Å². The molecule has 1 aromatic carbocycles. The highest BCUT2D eigenvalue weighted by molar-refractivity contribution is 5.89. The molecule has 0 saturated heterocycles. The number of nitrogens with one attached hydrogen (secondary N) is 2. The highest BCUT2D eigenvalue weighted by Gasteiger charge is 1.98. The van der Waals surface area contributed by atoms with E-state index in [1.165, 1.54) is 18.3 Å². The van der Waals surface area contributed by atoms with Gasteiger partial charge in [-0.05, 0) is 35.9 Å². The molecule has 2 amide bonds. The van der Waals surface area contributed by atoms with Crippen molar-refractivity contribution >= 4 is 17.9 Å². The molecule has 2 aromatic rings. The molecule has 19 heavy (non-hydrogen) atoms. The van der Waals surface area contributed by atoms with E-state index < -0.39 is 6.03 Å². The lowest BCUT2D eigenvalue weighted by molar-refractivity contribution is 0.255. The number of halogens is 1. The summed E-state index contributed by atoms with van der Waals surface area (Å²) < 4.78 is 12.9. The van der Waals surface area contributed by atoms with E-state index in [9.17, 15) is 9.18 Å². The topological polar surface area (TPSA) is 54.0 Å². The molecule has 0 aliphatic heterocycles. The molecule has 4 nitrogen and oxygen atoms in total. The number of amides is 2. The standard InChI is InChI=1S/C14H12FN3O/c15-12-5-3-4-11(10-12)7-9-17-14(19)18-13-6-1-2-8-16-13/h1-10H,(H2,16,17,18,19)/b9-7+. The minimum atomic E-state index is -0.411. The minimum Gasteiger partial charge on any atom is -0.314 e. The zero-order chi connectivity index (χ0) is 13.5. The first-order chi connectivity index (χ1) is 9.24. The number of pyridine rings is 1. The number of carbonyl (C=O) groups is 1. The van der Waals surface area contributed by atoms with Crippen LogP contribution < -0.4 is 10.6 Å². The molecule has 0 saturated carbocycles. The highest BCUT2D eigenvalue weighted by Crippen LogP contribution is 2.04. The number of carbonyl (C=O) groups excluding carboxylic acids is 1. The van der Waals surface area contributed by atoms with Gasteiger partial charge in [0.1, 0.15) is 11.6 Å². The molecular formula is C14H12FN3O. The summed E-state index contributed by atoms with van der Waals surface area (Å²) in [6.45, 7) is 0. The number of urea groups is 1. The first-order valence-corrected chi connectivity index (χ1v) is 5.65. The van der Waals surface area contributed by atoms with Crippen LogP contribution in [0.15, 0.2) is 54.9 Å². The highest BCUT2D eigenvalue weighted by atomic mass is 19.1. The largest absolute Gasteiger partial charge is 0.324 e. The first kappa shape index (κ1) is 12.8. The van der Waals surface area contributed by atoms with E-state index in [-0.39, 0.29) is 5.82 Å². The van der Waals surface area contributed by atoms with E-state index in [4.69, 9.17) is 0 Å². The number of nitrogens with zero attached hydrogens (tertiary/aromatic N) is 1. The van der Waals surface area contributed by atoms with Gasteiger partial charge in [0.15, 0.2) is 0 Å². The maximum absolute atomic E-state index is 12.9. The minimum absolute atomic E-state index is 0.319. The zero-order valence-corrected chi connectivity index (χ0v) is 10.0. The van der Waals surface area contributed by atoms with Crippen LogP contribution in [0.4, 0.5) is 15.0 Å². The molecule has 96 valence electrons. The lowest BCUT2D eigenvalue weighted by Gasteiger charge is -2.02. The van der Waals surface area contributed by atoms with Gasteiger partial charge in [-0.1, -0.05) is 18.2 Å². The van der Waals surface area contributed by atoms with Crippen molar-refractivity contribution in [1.82, 2.24) is 10.3 Å². The summed E-state index contributed by atoms with van der Waals surface area (Å²) >= 11 is 0. The quantitative estimate of drug-likeness (QED) is 0.888. The van der Waals surface area contributed by atoms with Crippen molar-refractivity contribution in [2.24, 2.45) is 0 Å². The average molecular weight is 257 g/mol. The number of rotatable bonds is 3. The summed E-state index contributed by atoms with van der Waals surface area (Å²) in [6.07, 6.45) is 4.62. The fourth-order valence-electron chi connectivity index (χ4n) is 1.41. The molecule has 0 unspecified atom stereocenters. The van der Waals surface area contributed by atoms with Crippen LogP contribution in [0.25, 0.3) is 6.08 Å². The zero-order valence-electron chi connectivity index (χ0n) is 10.0. The molecule has 0 bridgehead atoms. The molecule has 5 heteroatoms. The Morgan fingerprint density at radius 1 is 1.21 bits per heavy atom. The Labute approximate surface area is 110 Å². The van der Waals surface area contributed by atoms with Crippen LogP contribution in [-0.2, 0) is 0 Å². The van der Waals surface area contributed by atoms with Crippen LogP contribution >= 0.6 is 0 Å². The van der Waals surface area contributed by atoms with Gasteiger partial charge in [0.05, 0.1) is 0 Å². The van der Waals surface area contributed by atoms with Gasteiger partial charge in [-0.2, -0.15) is 0 Å². The van der Waals surface area contributed by atoms with E-state index in [2.05, 4.69) is 15.6 Å².